The molecule has 3 N–H and O–H groups in total. The average molecular weight is 548 g/mol. The van der Waals surface area contributed by atoms with Crippen molar-refractivity contribution >= 4 is 34.7 Å². The van der Waals surface area contributed by atoms with Crippen LogP contribution in [0.5, 0.6) is 0 Å². The fourth-order valence-corrected chi connectivity index (χ4v) is 4.60. The number of anilines is 2. The van der Waals surface area contributed by atoms with E-state index in [-0.39, 0.29) is 0 Å². The Morgan fingerprint density at radius 2 is 1.82 bits per heavy atom. The van der Waals surface area contributed by atoms with Crippen LogP contribution < -0.4 is 10.2 Å². The minimum Gasteiger partial charge on any atom is -0.380 e. The molecule has 3 aromatic rings. The molecule has 0 unspecified atom stereocenters. The van der Waals surface area contributed by atoms with Crippen molar-refractivity contribution in [2.24, 2.45) is 0 Å². The fourth-order valence-electron chi connectivity index (χ4n) is 4.60. The van der Waals surface area contributed by atoms with E-state index in [1.165, 1.54) is 0 Å². The third-order valence-corrected chi connectivity index (χ3v) is 6.74. The number of hydrogen-bond acceptors (Lipinski definition) is 9. The first-order valence-electron chi connectivity index (χ1n) is 13.3. The summed E-state index contributed by atoms with van der Waals surface area (Å²) in [6.45, 7) is 4.46. The summed E-state index contributed by atoms with van der Waals surface area (Å²) in [6.07, 6.45) is 2.75. The molecule has 5 rings (SSSR count). The minimum atomic E-state index is -1.43. The number of aldehydes is 1. The monoisotopic (exact) mass is 547 g/mol. The SMILES string of the molecule is CN(C)C.O=CC#CCN1CCC(O)(C(=O)Nc2ccc(-c3cc4c(N5CCOCC5)ncnc4[nH]3)cc2)CC1. The standard InChI is InChI=1S/C26H28N6O4.C3H9N/c33-14-2-1-9-31-10-7-26(35,8-11-31)25(34)29-20-5-3-19(4-6-20)22-17-21-23(30-22)27-18-28-24(21)32-12-15-36-16-13-32;1-4(2)3/h3-6,14,17-18,35H,7-13,15-16H2,(H,29,34)(H,27,28,30);1-3H3. The number of aromatic nitrogens is 3. The highest BCUT2D eigenvalue weighted by Gasteiger charge is 2.39. The number of rotatable bonds is 5. The molecule has 0 spiro atoms. The predicted molar refractivity (Wildman–Crippen MR) is 155 cm³/mol. The molecule has 2 aliphatic rings. The number of fused-ring (bicyclic) bond motifs is 1. The molecular formula is C29H37N7O4. The molecule has 212 valence electrons. The highest BCUT2D eigenvalue weighted by molar-refractivity contribution is 5.97. The predicted octanol–water partition coefficient (Wildman–Crippen LogP) is 1.61. The van der Waals surface area contributed by atoms with E-state index in [1.807, 2.05) is 61.3 Å². The number of nitrogens with zero attached hydrogens (tertiary/aromatic N) is 5. The maximum absolute atomic E-state index is 12.8. The van der Waals surface area contributed by atoms with Crippen molar-refractivity contribution in [1.29, 1.82) is 0 Å². The number of carbonyl (C=O) groups is 2. The summed E-state index contributed by atoms with van der Waals surface area (Å²) in [5.41, 5.74) is 1.80. The van der Waals surface area contributed by atoms with E-state index < -0.39 is 11.5 Å². The van der Waals surface area contributed by atoms with Gasteiger partial charge in [-0.15, -0.1) is 0 Å². The average Bonchev–Trinajstić information content (AvgIpc) is 3.39. The summed E-state index contributed by atoms with van der Waals surface area (Å²) in [4.78, 5) is 41.6. The van der Waals surface area contributed by atoms with Crippen molar-refractivity contribution in [3.05, 3.63) is 36.7 Å². The summed E-state index contributed by atoms with van der Waals surface area (Å²) >= 11 is 0. The van der Waals surface area contributed by atoms with Gasteiger partial charge in [0.1, 0.15) is 23.4 Å². The molecule has 11 heteroatoms. The number of piperidine rings is 1. The summed E-state index contributed by atoms with van der Waals surface area (Å²) < 4.78 is 5.46. The molecule has 0 aliphatic carbocycles. The van der Waals surface area contributed by atoms with Gasteiger partial charge in [-0.05, 0) is 63.7 Å². The number of amides is 1. The van der Waals surface area contributed by atoms with Gasteiger partial charge in [-0.2, -0.15) is 0 Å². The number of aromatic amines is 1. The van der Waals surface area contributed by atoms with Gasteiger partial charge in [-0.25, -0.2) is 9.97 Å². The number of morpholine rings is 1. The Bertz CT molecular complexity index is 1340. The second-order valence-electron chi connectivity index (χ2n) is 10.4. The lowest BCUT2D eigenvalue weighted by molar-refractivity contribution is -0.138. The van der Waals surface area contributed by atoms with Gasteiger partial charge in [-0.1, -0.05) is 18.1 Å². The minimum absolute atomic E-state index is 0.307. The van der Waals surface area contributed by atoms with Gasteiger partial charge in [0, 0.05) is 37.6 Å². The smallest absolute Gasteiger partial charge is 0.256 e. The molecule has 4 heterocycles. The van der Waals surface area contributed by atoms with Crippen LogP contribution in [0.2, 0.25) is 0 Å². The zero-order valence-electron chi connectivity index (χ0n) is 23.3. The maximum atomic E-state index is 12.8. The molecular weight excluding hydrogens is 510 g/mol. The zero-order chi connectivity index (χ0) is 28.5. The summed E-state index contributed by atoms with van der Waals surface area (Å²) in [5, 5.41) is 14.7. The van der Waals surface area contributed by atoms with Crippen LogP contribution >= 0.6 is 0 Å². The Morgan fingerprint density at radius 3 is 2.48 bits per heavy atom. The van der Waals surface area contributed by atoms with E-state index in [4.69, 9.17) is 4.74 Å². The Kier molecular flexibility index (Phi) is 9.84. The number of aliphatic hydroxyl groups is 1. The molecule has 0 bridgehead atoms. The third kappa shape index (κ3) is 7.43. The Hall–Kier alpha value is -3.82. The number of ether oxygens (including phenoxy) is 1. The van der Waals surface area contributed by atoms with Crippen molar-refractivity contribution in [2.75, 3.05) is 77.3 Å². The van der Waals surface area contributed by atoms with Crippen molar-refractivity contribution < 1.29 is 19.4 Å². The zero-order valence-corrected chi connectivity index (χ0v) is 23.3. The Balaban J connectivity index is 0.000000867. The van der Waals surface area contributed by atoms with Crippen LogP contribution in [-0.2, 0) is 14.3 Å². The topological polar surface area (TPSA) is 127 Å². The highest BCUT2D eigenvalue weighted by Crippen LogP contribution is 2.30. The summed E-state index contributed by atoms with van der Waals surface area (Å²) in [6, 6.07) is 9.52. The largest absolute Gasteiger partial charge is 0.380 e. The summed E-state index contributed by atoms with van der Waals surface area (Å²) in [5.74, 6) is 5.62. The lowest BCUT2D eigenvalue weighted by Gasteiger charge is -2.36. The first-order valence-corrected chi connectivity index (χ1v) is 13.3. The van der Waals surface area contributed by atoms with Crippen LogP contribution in [0.3, 0.4) is 0 Å². The van der Waals surface area contributed by atoms with E-state index >= 15 is 0 Å². The van der Waals surface area contributed by atoms with Gasteiger partial charge in [0.05, 0.1) is 25.1 Å². The molecule has 2 fully saturated rings. The molecule has 0 atom stereocenters. The first-order chi connectivity index (χ1) is 19.3. The third-order valence-electron chi connectivity index (χ3n) is 6.74. The maximum Gasteiger partial charge on any atom is 0.256 e. The number of benzene rings is 1. The number of likely N-dealkylation sites (tertiary alicyclic amines) is 1. The van der Waals surface area contributed by atoms with E-state index in [1.54, 1.807) is 6.33 Å². The molecule has 2 aromatic heterocycles. The van der Waals surface area contributed by atoms with E-state index in [0.29, 0.717) is 57.7 Å². The fraction of sp³-hybridized carbons (Fsp3) is 0.448. The van der Waals surface area contributed by atoms with Crippen LogP contribution in [0.25, 0.3) is 22.3 Å². The van der Waals surface area contributed by atoms with Crippen molar-refractivity contribution in [3.63, 3.8) is 0 Å². The highest BCUT2D eigenvalue weighted by atomic mass is 16.5. The molecule has 2 aliphatic heterocycles. The van der Waals surface area contributed by atoms with Crippen LogP contribution in [0.15, 0.2) is 36.7 Å². The van der Waals surface area contributed by atoms with E-state index in [0.717, 1.165) is 41.2 Å². The number of hydrogen-bond donors (Lipinski definition) is 3. The van der Waals surface area contributed by atoms with Gasteiger partial charge in [0.15, 0.2) is 6.29 Å². The molecule has 1 aromatic carbocycles. The lowest BCUT2D eigenvalue weighted by Crippen LogP contribution is -2.51. The van der Waals surface area contributed by atoms with E-state index in [9.17, 15) is 14.7 Å². The van der Waals surface area contributed by atoms with E-state index in [2.05, 4.69) is 37.0 Å². The Labute approximate surface area is 234 Å². The van der Waals surface area contributed by atoms with Gasteiger partial charge in [-0.3, -0.25) is 14.5 Å². The number of nitrogens with one attached hydrogen (secondary N) is 2. The van der Waals surface area contributed by atoms with Gasteiger partial charge < -0.3 is 29.9 Å². The van der Waals surface area contributed by atoms with Crippen LogP contribution in [-0.4, -0.2) is 115 Å². The molecule has 0 radical (unpaired) electrons. The number of carbonyl (C=O) groups excluding carboxylic acids is 2. The van der Waals surface area contributed by atoms with Crippen LogP contribution in [0.4, 0.5) is 11.5 Å². The van der Waals surface area contributed by atoms with Crippen LogP contribution in [0, 0.1) is 11.8 Å². The normalized spacial score (nSPS) is 17.0. The van der Waals surface area contributed by atoms with Crippen molar-refractivity contribution in [2.45, 2.75) is 18.4 Å². The van der Waals surface area contributed by atoms with Gasteiger partial charge in [0.25, 0.3) is 5.91 Å². The molecule has 0 saturated carbocycles. The number of H-pyrrole nitrogens is 1. The van der Waals surface area contributed by atoms with Crippen molar-refractivity contribution in [3.8, 4) is 23.1 Å². The Morgan fingerprint density at radius 1 is 1.15 bits per heavy atom. The molecule has 11 nitrogen and oxygen atoms in total. The quantitative estimate of drug-likeness (QED) is 0.323. The molecule has 1 amide bonds. The van der Waals surface area contributed by atoms with Gasteiger partial charge in [0.2, 0.25) is 0 Å². The molecule has 2 saturated heterocycles. The second-order valence-corrected chi connectivity index (χ2v) is 10.4. The second kappa shape index (κ2) is 13.5. The summed E-state index contributed by atoms with van der Waals surface area (Å²) in [7, 11) is 6.00. The van der Waals surface area contributed by atoms with Gasteiger partial charge >= 0.3 is 0 Å². The van der Waals surface area contributed by atoms with Crippen LogP contribution in [0.1, 0.15) is 12.8 Å². The molecule has 40 heavy (non-hydrogen) atoms. The lowest BCUT2D eigenvalue weighted by atomic mass is 9.90. The van der Waals surface area contributed by atoms with Crippen molar-refractivity contribution in [1.82, 2.24) is 24.8 Å². The first kappa shape index (κ1) is 29.2.